The van der Waals surface area contributed by atoms with Crippen molar-refractivity contribution in [1.82, 2.24) is 9.55 Å². The largest absolute Gasteiger partial charge is 0.488 e. The third-order valence-electron chi connectivity index (χ3n) is 3.99. The lowest BCUT2D eigenvalue weighted by Crippen LogP contribution is -2.48. The minimum Gasteiger partial charge on any atom is -0.387 e. The molecule has 0 saturated carbocycles. The maximum atomic E-state index is 15.2. The summed E-state index contributed by atoms with van der Waals surface area (Å²) in [5, 5.41) is 10.2. The highest BCUT2D eigenvalue weighted by Gasteiger charge is 2.61. The van der Waals surface area contributed by atoms with Crippen molar-refractivity contribution in [2.45, 2.75) is 37.1 Å². The average molecular weight is 548 g/mol. The van der Waals surface area contributed by atoms with E-state index in [0.717, 1.165) is 19.2 Å². The molecule has 0 aromatic carbocycles. The van der Waals surface area contributed by atoms with Crippen molar-refractivity contribution in [3.63, 3.8) is 0 Å². The molecule has 1 saturated heterocycles. The summed E-state index contributed by atoms with van der Waals surface area (Å²) in [6.07, 6.45) is -7.59. The Balaban J connectivity index is 2.26. The van der Waals surface area contributed by atoms with Crippen molar-refractivity contribution in [3.05, 3.63) is 33.1 Å². The van der Waals surface area contributed by atoms with E-state index in [2.05, 4.69) is 21.7 Å². The molecule has 2 heterocycles. The van der Waals surface area contributed by atoms with Gasteiger partial charge in [-0.25, -0.2) is 27.0 Å². The fraction of sp³-hybridized carbons (Fsp3) is 0.636. The van der Waals surface area contributed by atoms with E-state index in [1.54, 1.807) is 4.98 Å². The van der Waals surface area contributed by atoms with E-state index in [-0.39, 0.29) is 0 Å². The molecule has 2 rings (SSSR count). The maximum Gasteiger partial charge on any atom is 0.488 e. The fourth-order valence-corrected chi connectivity index (χ4v) is 6.96. The predicted molar refractivity (Wildman–Crippen MR) is 103 cm³/mol. The standard InChI is InChI=1S/C11H18F2N2O13P4/c1-5(26-30(19,20)27-31(21,22)28-32(23,24)29)7-8(17)11(13,4-12)9(25-7)15-3-2-6(16)14-10(15)18/h2-3,5,7-9,17,23-24,29H,4H2,1H3,(H,19,20)(H,21,22)(H,14,16,18)/t5-,7-,8+,9-,11?/m1/s1. The second-order valence-electron chi connectivity index (χ2n) is 6.43. The molecule has 15 nitrogen and oxygen atoms in total. The molecule has 1 aliphatic rings. The Labute approximate surface area is 179 Å². The summed E-state index contributed by atoms with van der Waals surface area (Å²) < 4.78 is 70.0. The molecule has 3 unspecified atom stereocenters. The number of ether oxygens (including phenoxy) is 1. The number of aliphatic hydroxyl groups excluding tert-OH is 1. The quantitative estimate of drug-likeness (QED) is 0.222. The van der Waals surface area contributed by atoms with Gasteiger partial charge in [0.2, 0.25) is 5.67 Å². The molecule has 1 fully saturated rings. The van der Waals surface area contributed by atoms with Crippen molar-refractivity contribution >= 4 is 31.4 Å². The molecule has 32 heavy (non-hydrogen) atoms. The van der Waals surface area contributed by atoms with Crippen LogP contribution in [-0.4, -0.2) is 64.9 Å². The molecule has 6 N–H and O–H groups in total. The lowest BCUT2D eigenvalue weighted by Gasteiger charge is -2.27. The zero-order valence-corrected chi connectivity index (χ0v) is 19.4. The summed E-state index contributed by atoms with van der Waals surface area (Å²) in [6.45, 7) is -0.996. The number of nitrogens with one attached hydrogen (secondary N) is 1. The number of nitrogens with zero attached hydrogens (tertiary/aromatic N) is 1. The lowest BCUT2D eigenvalue weighted by atomic mass is 9.95. The van der Waals surface area contributed by atoms with Crippen molar-refractivity contribution in [3.8, 4) is 0 Å². The van der Waals surface area contributed by atoms with Gasteiger partial charge in [0.1, 0.15) is 18.9 Å². The van der Waals surface area contributed by atoms with E-state index in [0.29, 0.717) is 4.57 Å². The number of hydrogen-bond donors (Lipinski definition) is 6. The second kappa shape index (κ2) is 9.55. The molecule has 0 aliphatic carbocycles. The third kappa shape index (κ3) is 6.49. The number of aromatic amines is 1. The smallest absolute Gasteiger partial charge is 0.387 e. The molecule has 7 atom stereocenters. The molecule has 1 aromatic heterocycles. The van der Waals surface area contributed by atoms with Crippen molar-refractivity contribution in [1.29, 1.82) is 0 Å². The van der Waals surface area contributed by atoms with Crippen molar-refractivity contribution in [2.75, 3.05) is 6.67 Å². The van der Waals surface area contributed by atoms with Crippen LogP contribution in [0.25, 0.3) is 0 Å². The van der Waals surface area contributed by atoms with Gasteiger partial charge in [-0.3, -0.25) is 18.9 Å². The van der Waals surface area contributed by atoms with Crippen LogP contribution in [0.4, 0.5) is 8.78 Å². The molecule has 0 spiro atoms. The van der Waals surface area contributed by atoms with Crippen LogP contribution in [0.15, 0.2) is 21.9 Å². The average Bonchev–Trinajstić information content (AvgIpc) is 2.84. The van der Waals surface area contributed by atoms with Crippen LogP contribution in [0.2, 0.25) is 0 Å². The number of alkyl halides is 2. The number of aromatic nitrogens is 2. The van der Waals surface area contributed by atoms with Gasteiger partial charge >= 0.3 is 21.3 Å². The first kappa shape index (κ1) is 27.6. The van der Waals surface area contributed by atoms with E-state index >= 15 is 4.39 Å². The fourth-order valence-electron chi connectivity index (χ4n) is 2.76. The first-order valence-corrected chi connectivity index (χ1v) is 14.1. The Morgan fingerprint density at radius 3 is 2.38 bits per heavy atom. The Morgan fingerprint density at radius 2 is 1.88 bits per heavy atom. The van der Waals surface area contributed by atoms with Gasteiger partial charge in [-0.15, -0.1) is 0 Å². The van der Waals surface area contributed by atoms with Crippen LogP contribution < -0.4 is 11.2 Å². The minimum absolute atomic E-state index is 0.420. The number of H-pyrrole nitrogens is 1. The van der Waals surface area contributed by atoms with Crippen LogP contribution in [0.1, 0.15) is 13.2 Å². The summed E-state index contributed by atoms with van der Waals surface area (Å²) in [5.41, 5.74) is -5.37. The first-order chi connectivity index (χ1) is 14.4. The Hall–Kier alpha value is -0.630. The molecule has 184 valence electrons. The molecule has 21 heteroatoms. The monoisotopic (exact) mass is 548 g/mol. The van der Waals surface area contributed by atoms with Crippen LogP contribution in [0, 0.1) is 0 Å². The van der Waals surface area contributed by atoms with Gasteiger partial charge in [-0.05, 0) is 15.5 Å². The maximum absolute atomic E-state index is 15.2. The first-order valence-electron chi connectivity index (χ1n) is 8.17. The van der Waals surface area contributed by atoms with E-state index in [4.69, 9.17) is 14.5 Å². The molecule has 0 amide bonds. The van der Waals surface area contributed by atoms with Crippen LogP contribution in [0.5, 0.6) is 0 Å². The number of aliphatic hydroxyl groups is 1. The number of phosphoric ester groups is 1. The molecule has 1 aliphatic heterocycles. The summed E-state index contributed by atoms with van der Waals surface area (Å²) in [7, 11) is -13.6. The zero-order valence-electron chi connectivity index (χ0n) is 15.7. The zero-order chi connectivity index (χ0) is 24.7. The van der Waals surface area contributed by atoms with E-state index in [1.165, 1.54) is 0 Å². The second-order valence-corrected chi connectivity index (χ2v) is 12.7. The minimum atomic E-state index is -5.60. The normalized spacial score (nSPS) is 31.1. The van der Waals surface area contributed by atoms with Crippen LogP contribution in [-0.2, 0) is 27.0 Å². The lowest BCUT2D eigenvalue weighted by molar-refractivity contribution is -0.0855. The number of rotatable bonds is 9. The van der Waals surface area contributed by atoms with Gasteiger partial charge in [0.15, 0.2) is 6.23 Å². The molecular weight excluding hydrogens is 530 g/mol. The predicted octanol–water partition coefficient (Wildman–Crippen LogP) is -0.0832. The summed E-state index contributed by atoms with van der Waals surface area (Å²) in [6, 6.07) is 0.784. The summed E-state index contributed by atoms with van der Waals surface area (Å²) in [5.74, 6) is 0. The van der Waals surface area contributed by atoms with Crippen molar-refractivity contribution < 1.29 is 60.5 Å². The van der Waals surface area contributed by atoms with Crippen molar-refractivity contribution in [2.24, 2.45) is 0 Å². The van der Waals surface area contributed by atoms with Crippen LogP contribution >= 0.6 is 31.4 Å². The van der Waals surface area contributed by atoms with E-state index in [1.807, 2.05) is 0 Å². The van der Waals surface area contributed by atoms with E-state index < -0.39 is 71.0 Å². The van der Waals surface area contributed by atoms with Gasteiger partial charge in [-0.1, -0.05) is 0 Å². The highest BCUT2D eigenvalue weighted by Crippen LogP contribution is 2.68. The van der Waals surface area contributed by atoms with Gasteiger partial charge in [0.25, 0.3) is 12.8 Å². The highest BCUT2D eigenvalue weighted by molar-refractivity contribution is 7.91. The van der Waals surface area contributed by atoms with E-state index in [9.17, 15) is 38.0 Å². The van der Waals surface area contributed by atoms with Gasteiger partial charge in [-0.2, -0.15) is 4.31 Å². The summed E-state index contributed by atoms with van der Waals surface area (Å²) >= 11 is 0. The molecule has 0 radical (unpaired) electrons. The Bertz CT molecular complexity index is 1110. The number of halogens is 2. The van der Waals surface area contributed by atoms with Gasteiger partial charge in [0.05, 0.1) is 6.10 Å². The Morgan fingerprint density at radius 1 is 1.28 bits per heavy atom. The number of hydrogen-bond acceptors (Lipinski definition) is 9. The number of phosphoric acid groups is 2. The topological polar surface area (TPSA) is 227 Å². The SMILES string of the molecule is C[C@@H](OP(=O)(O)OP(=O)(O)OP(O)(O)=P)[C@H]1O[C@@H](n2ccc(=O)[nH]c2=O)C(F)(CF)[C@H]1O. The molecular formula is C11H18F2N2O13P4. The molecule has 1 aromatic rings. The summed E-state index contributed by atoms with van der Waals surface area (Å²) in [4.78, 5) is 61.7. The Kier molecular flexibility index (Phi) is 8.24. The third-order valence-corrected chi connectivity index (χ3v) is 8.71. The van der Waals surface area contributed by atoms with Crippen LogP contribution in [0.3, 0.4) is 0 Å². The van der Waals surface area contributed by atoms with Gasteiger partial charge in [0, 0.05) is 12.3 Å². The van der Waals surface area contributed by atoms with Gasteiger partial charge < -0.3 is 29.4 Å². The molecule has 0 bridgehead atoms. The highest BCUT2D eigenvalue weighted by atomic mass is 31.8.